The highest BCUT2D eigenvalue weighted by atomic mass is 32.2. The third-order valence-electron chi connectivity index (χ3n) is 3.33. The maximum absolute atomic E-state index is 12.1. The van der Waals surface area contributed by atoms with Gasteiger partial charge in [-0.2, -0.15) is 11.8 Å². The van der Waals surface area contributed by atoms with Crippen molar-refractivity contribution in [3.63, 3.8) is 0 Å². The van der Waals surface area contributed by atoms with Crippen LogP contribution < -0.4 is 11.1 Å². The molecule has 0 aliphatic heterocycles. The first-order valence-corrected chi connectivity index (χ1v) is 7.56. The third kappa shape index (κ3) is 3.98. The Morgan fingerprint density at radius 1 is 1.44 bits per heavy atom. The van der Waals surface area contributed by atoms with E-state index in [1.54, 1.807) is 0 Å². The average molecular weight is 244 g/mol. The number of amides is 1. The number of carbonyl (C=O) groups is 1. The van der Waals surface area contributed by atoms with Crippen molar-refractivity contribution in [2.75, 3.05) is 12.0 Å². The van der Waals surface area contributed by atoms with Crippen molar-refractivity contribution < 1.29 is 4.79 Å². The van der Waals surface area contributed by atoms with Crippen molar-refractivity contribution >= 4 is 17.7 Å². The van der Waals surface area contributed by atoms with Gasteiger partial charge in [-0.1, -0.05) is 19.3 Å². The van der Waals surface area contributed by atoms with Crippen LogP contribution in [0.1, 0.15) is 45.4 Å². The van der Waals surface area contributed by atoms with Gasteiger partial charge < -0.3 is 11.1 Å². The Morgan fingerprint density at radius 3 is 2.62 bits per heavy atom. The lowest BCUT2D eigenvalue weighted by atomic mass is 9.82. The molecule has 16 heavy (non-hydrogen) atoms. The number of hydrogen-bond donors (Lipinski definition) is 2. The van der Waals surface area contributed by atoms with Crippen molar-refractivity contribution in [2.24, 2.45) is 5.73 Å². The Labute approximate surface area is 103 Å². The Bertz CT molecular complexity index is 227. The second-order valence-electron chi connectivity index (χ2n) is 4.87. The molecule has 1 atom stereocenters. The van der Waals surface area contributed by atoms with Crippen LogP contribution in [0.15, 0.2) is 0 Å². The Kier molecular flexibility index (Phi) is 5.62. The second-order valence-corrected chi connectivity index (χ2v) is 5.86. The van der Waals surface area contributed by atoms with Gasteiger partial charge in [0, 0.05) is 6.04 Å². The zero-order chi connectivity index (χ0) is 12.0. The SMILES string of the molecule is CSCCC(C)NC(=O)C1(N)CCCCC1. The lowest BCUT2D eigenvalue weighted by molar-refractivity contribution is -0.128. The molecule has 0 aromatic carbocycles. The van der Waals surface area contributed by atoms with Crippen LogP contribution in [-0.4, -0.2) is 29.5 Å². The highest BCUT2D eigenvalue weighted by Gasteiger charge is 2.35. The predicted octanol–water partition coefficient (Wildman–Crippen LogP) is 1.91. The smallest absolute Gasteiger partial charge is 0.240 e. The summed E-state index contributed by atoms with van der Waals surface area (Å²) >= 11 is 1.81. The molecule has 0 radical (unpaired) electrons. The Balaban J connectivity index is 2.38. The summed E-state index contributed by atoms with van der Waals surface area (Å²) in [7, 11) is 0. The molecule has 1 aliphatic rings. The normalized spacial score (nSPS) is 21.4. The van der Waals surface area contributed by atoms with Crippen molar-refractivity contribution in [1.82, 2.24) is 5.32 Å². The highest BCUT2D eigenvalue weighted by Crippen LogP contribution is 2.26. The van der Waals surface area contributed by atoms with Gasteiger partial charge in [0.15, 0.2) is 0 Å². The molecule has 3 nitrogen and oxygen atoms in total. The molecule has 1 rings (SSSR count). The predicted molar refractivity (Wildman–Crippen MR) is 70.6 cm³/mol. The van der Waals surface area contributed by atoms with Gasteiger partial charge >= 0.3 is 0 Å². The van der Waals surface area contributed by atoms with E-state index in [1.807, 2.05) is 11.8 Å². The molecule has 3 N–H and O–H groups in total. The molecule has 0 aromatic rings. The van der Waals surface area contributed by atoms with Crippen LogP contribution in [0.3, 0.4) is 0 Å². The quantitative estimate of drug-likeness (QED) is 0.776. The van der Waals surface area contributed by atoms with E-state index in [9.17, 15) is 4.79 Å². The number of carbonyl (C=O) groups excluding carboxylic acids is 1. The van der Waals surface area contributed by atoms with E-state index in [4.69, 9.17) is 5.73 Å². The highest BCUT2D eigenvalue weighted by molar-refractivity contribution is 7.98. The first-order chi connectivity index (χ1) is 7.58. The monoisotopic (exact) mass is 244 g/mol. The molecule has 1 aliphatic carbocycles. The molecular weight excluding hydrogens is 220 g/mol. The molecule has 0 saturated heterocycles. The average Bonchev–Trinajstić information content (AvgIpc) is 2.27. The number of rotatable bonds is 5. The number of nitrogens with one attached hydrogen (secondary N) is 1. The van der Waals surface area contributed by atoms with Gasteiger partial charge in [0.05, 0.1) is 5.54 Å². The number of hydrogen-bond acceptors (Lipinski definition) is 3. The maximum Gasteiger partial charge on any atom is 0.240 e. The minimum Gasteiger partial charge on any atom is -0.352 e. The van der Waals surface area contributed by atoms with Crippen LogP contribution in [0.2, 0.25) is 0 Å². The largest absolute Gasteiger partial charge is 0.352 e. The van der Waals surface area contributed by atoms with Gasteiger partial charge in [0.25, 0.3) is 0 Å². The van der Waals surface area contributed by atoms with Crippen LogP contribution >= 0.6 is 11.8 Å². The van der Waals surface area contributed by atoms with Gasteiger partial charge in [-0.3, -0.25) is 4.79 Å². The molecule has 94 valence electrons. The molecule has 0 aromatic heterocycles. The maximum atomic E-state index is 12.1. The van der Waals surface area contributed by atoms with Gasteiger partial charge in [-0.05, 0) is 38.2 Å². The van der Waals surface area contributed by atoms with E-state index < -0.39 is 5.54 Å². The van der Waals surface area contributed by atoms with E-state index in [0.717, 1.165) is 37.9 Å². The van der Waals surface area contributed by atoms with Crippen molar-refractivity contribution in [1.29, 1.82) is 0 Å². The zero-order valence-corrected chi connectivity index (χ0v) is 11.2. The molecule has 0 spiro atoms. The third-order valence-corrected chi connectivity index (χ3v) is 3.97. The summed E-state index contributed by atoms with van der Waals surface area (Å²) in [6, 6.07) is 0.238. The standard InChI is InChI=1S/C12H24N2OS/c1-10(6-9-16-2)14-11(15)12(13)7-4-3-5-8-12/h10H,3-9,13H2,1-2H3,(H,14,15). The number of thioether (sulfide) groups is 1. The van der Waals surface area contributed by atoms with Crippen LogP contribution in [0.5, 0.6) is 0 Å². The minimum atomic E-state index is -0.591. The molecule has 0 heterocycles. The molecule has 1 unspecified atom stereocenters. The van der Waals surface area contributed by atoms with E-state index in [-0.39, 0.29) is 11.9 Å². The Hall–Kier alpha value is -0.220. The van der Waals surface area contributed by atoms with Gasteiger partial charge in [0.2, 0.25) is 5.91 Å². The summed E-state index contributed by atoms with van der Waals surface area (Å²) < 4.78 is 0. The van der Waals surface area contributed by atoms with E-state index in [0.29, 0.717) is 0 Å². The summed E-state index contributed by atoms with van der Waals surface area (Å²) in [5, 5.41) is 3.05. The lowest BCUT2D eigenvalue weighted by Gasteiger charge is -2.33. The molecule has 1 saturated carbocycles. The van der Waals surface area contributed by atoms with Crippen LogP contribution in [-0.2, 0) is 4.79 Å². The molecule has 0 bridgehead atoms. The Morgan fingerprint density at radius 2 is 2.06 bits per heavy atom. The summed E-state index contributed by atoms with van der Waals surface area (Å²) in [5.41, 5.74) is 5.57. The van der Waals surface area contributed by atoms with Crippen molar-refractivity contribution in [2.45, 2.75) is 57.0 Å². The minimum absolute atomic E-state index is 0.0563. The van der Waals surface area contributed by atoms with Crippen LogP contribution in [0.4, 0.5) is 0 Å². The fourth-order valence-electron chi connectivity index (χ4n) is 2.14. The van der Waals surface area contributed by atoms with Gasteiger partial charge in [-0.25, -0.2) is 0 Å². The fraction of sp³-hybridized carbons (Fsp3) is 0.917. The van der Waals surface area contributed by atoms with E-state index in [1.165, 1.54) is 6.42 Å². The number of nitrogens with two attached hydrogens (primary N) is 1. The summed E-state index contributed by atoms with van der Waals surface area (Å²) in [6.45, 7) is 2.06. The molecule has 1 amide bonds. The summed E-state index contributed by atoms with van der Waals surface area (Å²) in [4.78, 5) is 12.1. The van der Waals surface area contributed by atoms with Crippen LogP contribution in [0, 0.1) is 0 Å². The molecule has 4 heteroatoms. The van der Waals surface area contributed by atoms with E-state index >= 15 is 0 Å². The fourth-order valence-corrected chi connectivity index (χ4v) is 2.73. The van der Waals surface area contributed by atoms with Gasteiger partial charge in [0.1, 0.15) is 0 Å². The van der Waals surface area contributed by atoms with Crippen LogP contribution in [0.25, 0.3) is 0 Å². The molecule has 1 fully saturated rings. The van der Waals surface area contributed by atoms with Crippen molar-refractivity contribution in [3.8, 4) is 0 Å². The molecular formula is C12H24N2OS. The second kappa shape index (κ2) is 6.50. The van der Waals surface area contributed by atoms with E-state index in [2.05, 4.69) is 18.5 Å². The van der Waals surface area contributed by atoms with Gasteiger partial charge in [-0.15, -0.1) is 0 Å². The summed E-state index contributed by atoms with van der Waals surface area (Å²) in [6.07, 6.45) is 8.17. The topological polar surface area (TPSA) is 55.1 Å². The summed E-state index contributed by atoms with van der Waals surface area (Å²) in [5.74, 6) is 1.14. The lowest BCUT2D eigenvalue weighted by Crippen LogP contribution is -2.56. The zero-order valence-electron chi connectivity index (χ0n) is 10.4. The first kappa shape index (κ1) is 13.8. The van der Waals surface area contributed by atoms with Crippen molar-refractivity contribution in [3.05, 3.63) is 0 Å². The first-order valence-electron chi connectivity index (χ1n) is 6.17.